The Morgan fingerprint density at radius 2 is 1.47 bits per heavy atom. The van der Waals surface area contributed by atoms with Gasteiger partial charge in [0.25, 0.3) is 0 Å². The minimum atomic E-state index is -0.926. The van der Waals surface area contributed by atoms with E-state index in [1.165, 1.54) is 0 Å². The molecule has 0 bridgehead atoms. The van der Waals surface area contributed by atoms with Crippen LogP contribution in [-0.2, 0) is 11.2 Å². The normalized spacial score (nSPS) is 11.6. The summed E-state index contributed by atoms with van der Waals surface area (Å²) in [6.45, 7) is 2.57. The van der Waals surface area contributed by atoms with Crippen LogP contribution in [0, 0.1) is 5.92 Å². The van der Waals surface area contributed by atoms with Gasteiger partial charge in [-0.15, -0.1) is 0 Å². The van der Waals surface area contributed by atoms with Gasteiger partial charge < -0.3 is 9.84 Å². The van der Waals surface area contributed by atoms with Gasteiger partial charge in [-0.25, -0.2) is 0 Å². The van der Waals surface area contributed by atoms with Crippen molar-refractivity contribution in [3.8, 4) is 16.9 Å². The number of carboxylic acid groups (broad SMARTS) is 1. The lowest BCUT2D eigenvalue weighted by atomic mass is 9.92. The number of hydrogen-bond acceptors (Lipinski definition) is 3. The lowest BCUT2D eigenvalue weighted by molar-refractivity contribution is -0.141. The lowest BCUT2D eigenvalue weighted by Gasteiger charge is -2.12. The molecular formula is C26H26O4. The molecule has 1 atom stereocenters. The van der Waals surface area contributed by atoms with E-state index < -0.39 is 11.9 Å². The number of carboxylic acids is 1. The molecule has 3 aromatic rings. The molecule has 4 heteroatoms. The summed E-state index contributed by atoms with van der Waals surface area (Å²) >= 11 is 0. The summed E-state index contributed by atoms with van der Waals surface area (Å²) in [6.07, 6.45) is 1.09. The van der Waals surface area contributed by atoms with Gasteiger partial charge in [0.2, 0.25) is 0 Å². The van der Waals surface area contributed by atoms with E-state index in [0.29, 0.717) is 25.0 Å². The Morgan fingerprint density at radius 3 is 2.03 bits per heavy atom. The smallest absolute Gasteiger partial charge is 0.306 e. The highest BCUT2D eigenvalue weighted by Gasteiger charge is 2.22. The number of ether oxygens (including phenoxy) is 1. The van der Waals surface area contributed by atoms with Crippen LogP contribution in [0.3, 0.4) is 0 Å². The molecule has 0 aromatic heterocycles. The summed E-state index contributed by atoms with van der Waals surface area (Å²) in [7, 11) is 0. The van der Waals surface area contributed by atoms with Crippen molar-refractivity contribution in [2.45, 2.75) is 26.2 Å². The third-order valence-corrected chi connectivity index (χ3v) is 5.11. The lowest BCUT2D eigenvalue weighted by Crippen LogP contribution is -2.19. The highest BCUT2D eigenvalue weighted by atomic mass is 16.5. The second kappa shape index (κ2) is 10.4. The summed E-state index contributed by atoms with van der Waals surface area (Å²) in [5, 5.41) is 9.54. The van der Waals surface area contributed by atoms with Crippen molar-refractivity contribution in [2.75, 3.05) is 6.61 Å². The SMILES string of the molecule is CCOc1ccc(-c2ccc(C(=O)CC(CCc3ccccc3)C(=O)O)cc2)cc1. The molecule has 0 aliphatic heterocycles. The molecule has 0 radical (unpaired) electrons. The molecule has 30 heavy (non-hydrogen) atoms. The number of carbonyl (C=O) groups is 2. The van der Waals surface area contributed by atoms with Crippen molar-refractivity contribution >= 4 is 11.8 Å². The van der Waals surface area contributed by atoms with Gasteiger partial charge in [-0.1, -0.05) is 66.7 Å². The molecule has 3 rings (SSSR count). The summed E-state index contributed by atoms with van der Waals surface area (Å²) < 4.78 is 5.46. The topological polar surface area (TPSA) is 63.6 Å². The zero-order valence-corrected chi connectivity index (χ0v) is 17.1. The molecular weight excluding hydrogens is 376 g/mol. The van der Waals surface area contributed by atoms with Gasteiger partial charge in [-0.2, -0.15) is 0 Å². The van der Waals surface area contributed by atoms with Gasteiger partial charge in [-0.3, -0.25) is 9.59 Å². The molecule has 0 spiro atoms. The quantitative estimate of drug-likeness (QED) is 0.445. The fraction of sp³-hybridized carbons (Fsp3) is 0.231. The first-order valence-electron chi connectivity index (χ1n) is 10.2. The van der Waals surface area contributed by atoms with Crippen LogP contribution in [0.25, 0.3) is 11.1 Å². The minimum Gasteiger partial charge on any atom is -0.494 e. The highest BCUT2D eigenvalue weighted by Crippen LogP contribution is 2.24. The van der Waals surface area contributed by atoms with Crippen molar-refractivity contribution in [3.05, 3.63) is 90.0 Å². The van der Waals surface area contributed by atoms with Crippen LogP contribution in [0.5, 0.6) is 5.75 Å². The maximum Gasteiger partial charge on any atom is 0.306 e. The minimum absolute atomic E-state index is 0.00453. The van der Waals surface area contributed by atoms with Gasteiger partial charge in [0.05, 0.1) is 12.5 Å². The van der Waals surface area contributed by atoms with E-state index in [1.807, 2.05) is 73.7 Å². The highest BCUT2D eigenvalue weighted by molar-refractivity contribution is 5.98. The van der Waals surface area contributed by atoms with Crippen LogP contribution in [0.2, 0.25) is 0 Å². The average molecular weight is 402 g/mol. The largest absolute Gasteiger partial charge is 0.494 e. The number of carbonyl (C=O) groups excluding carboxylic acids is 1. The van der Waals surface area contributed by atoms with Crippen molar-refractivity contribution in [3.63, 3.8) is 0 Å². The number of aliphatic carboxylic acids is 1. The monoisotopic (exact) mass is 402 g/mol. The zero-order chi connectivity index (χ0) is 21.3. The summed E-state index contributed by atoms with van der Waals surface area (Å²) in [4.78, 5) is 24.3. The number of ketones is 1. The van der Waals surface area contributed by atoms with Crippen molar-refractivity contribution in [1.29, 1.82) is 0 Å². The fourth-order valence-electron chi connectivity index (χ4n) is 3.40. The number of rotatable bonds is 10. The molecule has 1 unspecified atom stereocenters. The molecule has 0 saturated heterocycles. The molecule has 0 fully saturated rings. The van der Waals surface area contributed by atoms with Crippen LogP contribution in [0.15, 0.2) is 78.9 Å². The van der Waals surface area contributed by atoms with E-state index in [4.69, 9.17) is 4.74 Å². The Bertz CT molecular complexity index is 960. The molecule has 0 aliphatic rings. The molecule has 0 heterocycles. The summed E-state index contributed by atoms with van der Waals surface area (Å²) in [5.74, 6) is -0.939. The number of Topliss-reactive ketones (excluding diaryl/α,β-unsaturated/α-hetero) is 1. The van der Waals surface area contributed by atoms with Crippen molar-refractivity contribution in [2.24, 2.45) is 5.92 Å². The first-order chi connectivity index (χ1) is 14.6. The maximum atomic E-state index is 12.7. The molecule has 0 aliphatic carbocycles. The zero-order valence-electron chi connectivity index (χ0n) is 17.1. The van der Waals surface area contributed by atoms with Gasteiger partial charge >= 0.3 is 5.97 Å². The predicted molar refractivity (Wildman–Crippen MR) is 118 cm³/mol. The second-order valence-corrected chi connectivity index (χ2v) is 7.22. The Labute approximate surface area is 177 Å². The van der Waals surface area contributed by atoms with Gasteiger partial charge in [0.1, 0.15) is 5.75 Å². The Hall–Kier alpha value is -3.40. The Balaban J connectivity index is 1.63. The fourth-order valence-corrected chi connectivity index (χ4v) is 3.40. The van der Waals surface area contributed by atoms with Gasteiger partial charge in [0.15, 0.2) is 5.78 Å². The Kier molecular flexibility index (Phi) is 7.39. The molecule has 1 N–H and O–H groups in total. The van der Waals surface area contributed by atoms with Crippen molar-refractivity contribution < 1.29 is 19.4 Å². The average Bonchev–Trinajstić information content (AvgIpc) is 2.78. The summed E-state index contributed by atoms with van der Waals surface area (Å²) in [5.41, 5.74) is 3.64. The third kappa shape index (κ3) is 5.80. The van der Waals surface area contributed by atoms with Crippen LogP contribution in [0.4, 0.5) is 0 Å². The number of aryl methyl sites for hydroxylation is 1. The molecule has 154 valence electrons. The third-order valence-electron chi connectivity index (χ3n) is 5.11. The van der Waals surface area contributed by atoms with E-state index in [0.717, 1.165) is 22.4 Å². The first kappa shape index (κ1) is 21.3. The van der Waals surface area contributed by atoms with Crippen LogP contribution in [-0.4, -0.2) is 23.5 Å². The van der Waals surface area contributed by atoms with Gasteiger partial charge in [0, 0.05) is 12.0 Å². The standard InChI is InChI=1S/C26H26O4/c1-2-30-24-16-14-21(15-17-24)20-10-12-22(13-11-20)25(27)18-23(26(28)29)9-8-19-6-4-3-5-7-19/h3-7,10-17,23H,2,8-9,18H2,1H3,(H,28,29). The van der Waals surface area contributed by atoms with Crippen LogP contribution in [0.1, 0.15) is 35.7 Å². The van der Waals surface area contributed by atoms with E-state index in [2.05, 4.69) is 0 Å². The molecule has 3 aromatic carbocycles. The van der Waals surface area contributed by atoms with Crippen molar-refractivity contribution in [1.82, 2.24) is 0 Å². The number of benzene rings is 3. The van der Waals surface area contributed by atoms with E-state index in [1.54, 1.807) is 12.1 Å². The maximum absolute atomic E-state index is 12.7. The van der Waals surface area contributed by atoms with Crippen LogP contribution >= 0.6 is 0 Å². The van der Waals surface area contributed by atoms with E-state index in [9.17, 15) is 14.7 Å². The second-order valence-electron chi connectivity index (χ2n) is 7.22. The van der Waals surface area contributed by atoms with Crippen LogP contribution < -0.4 is 4.74 Å². The van der Waals surface area contributed by atoms with E-state index >= 15 is 0 Å². The molecule has 0 amide bonds. The van der Waals surface area contributed by atoms with Gasteiger partial charge in [-0.05, 0) is 48.6 Å². The molecule has 4 nitrogen and oxygen atoms in total. The Morgan fingerprint density at radius 1 is 0.867 bits per heavy atom. The van der Waals surface area contributed by atoms with E-state index in [-0.39, 0.29) is 12.2 Å². The molecule has 0 saturated carbocycles. The predicted octanol–water partition coefficient (Wildman–Crippen LogP) is 5.66. The first-order valence-corrected chi connectivity index (χ1v) is 10.2. The number of hydrogen-bond donors (Lipinski definition) is 1. The summed E-state index contributed by atoms with van der Waals surface area (Å²) in [6, 6.07) is 24.9.